The highest BCUT2D eigenvalue weighted by Crippen LogP contribution is 2.27. The van der Waals surface area contributed by atoms with E-state index >= 15 is 0 Å². The Hall–Kier alpha value is -1.00. The quantitative estimate of drug-likeness (QED) is 0.899. The number of hydrogen-bond acceptors (Lipinski definition) is 3. The average molecular weight is 279 g/mol. The van der Waals surface area contributed by atoms with Crippen LogP contribution >= 0.6 is 11.8 Å². The summed E-state index contributed by atoms with van der Waals surface area (Å²) < 4.78 is 0. The zero-order chi connectivity index (χ0) is 13.5. The van der Waals surface area contributed by atoms with E-state index in [1.807, 2.05) is 30.3 Å². The predicted octanol–water partition coefficient (Wildman–Crippen LogP) is 2.29. The van der Waals surface area contributed by atoms with Gasteiger partial charge in [-0.15, -0.1) is 11.8 Å². The molecule has 1 aliphatic heterocycles. The van der Waals surface area contributed by atoms with Crippen LogP contribution in [0, 0.1) is 0 Å². The van der Waals surface area contributed by atoms with Gasteiger partial charge >= 0.3 is 0 Å². The first-order valence-electron chi connectivity index (χ1n) is 6.86. The first kappa shape index (κ1) is 14.4. The van der Waals surface area contributed by atoms with Gasteiger partial charge in [0.05, 0.1) is 11.9 Å². The van der Waals surface area contributed by atoms with Crippen LogP contribution in [0.3, 0.4) is 0 Å². The summed E-state index contributed by atoms with van der Waals surface area (Å²) in [5, 5.41) is 9.25. The number of aliphatic hydroxyl groups excluding tert-OH is 1. The summed E-state index contributed by atoms with van der Waals surface area (Å²) >= 11 is 1.76. The van der Waals surface area contributed by atoms with E-state index in [1.54, 1.807) is 16.7 Å². The summed E-state index contributed by atoms with van der Waals surface area (Å²) in [5.74, 6) is 1.26. The molecule has 2 rings (SSSR count). The molecule has 1 aliphatic rings. The van der Waals surface area contributed by atoms with Gasteiger partial charge in [0, 0.05) is 13.1 Å². The van der Waals surface area contributed by atoms with Crippen molar-refractivity contribution in [1.82, 2.24) is 4.90 Å². The molecule has 0 aliphatic carbocycles. The zero-order valence-electron chi connectivity index (χ0n) is 11.1. The number of nitrogens with zero attached hydrogens (tertiary/aromatic N) is 1. The predicted molar refractivity (Wildman–Crippen MR) is 79.0 cm³/mol. The summed E-state index contributed by atoms with van der Waals surface area (Å²) in [4.78, 5) is 14.3. The monoisotopic (exact) mass is 279 g/mol. The highest BCUT2D eigenvalue weighted by atomic mass is 32.2. The van der Waals surface area contributed by atoms with Crippen molar-refractivity contribution in [2.45, 2.75) is 31.1 Å². The van der Waals surface area contributed by atoms with Crippen molar-refractivity contribution < 1.29 is 9.90 Å². The molecular formula is C15H21NO2S. The Morgan fingerprint density at radius 3 is 2.74 bits per heavy atom. The van der Waals surface area contributed by atoms with Gasteiger partial charge in [0.2, 0.25) is 5.91 Å². The van der Waals surface area contributed by atoms with Crippen molar-refractivity contribution in [1.29, 1.82) is 0 Å². The van der Waals surface area contributed by atoms with Gasteiger partial charge in [-0.3, -0.25) is 4.79 Å². The van der Waals surface area contributed by atoms with Gasteiger partial charge in [-0.1, -0.05) is 36.8 Å². The molecule has 0 spiro atoms. The van der Waals surface area contributed by atoms with Crippen LogP contribution in [-0.4, -0.2) is 40.1 Å². The molecule has 1 N–H and O–H groups in total. The highest BCUT2D eigenvalue weighted by Gasteiger charge is 2.26. The molecule has 0 bridgehead atoms. The number of carbonyl (C=O) groups is 1. The molecule has 19 heavy (non-hydrogen) atoms. The molecule has 4 heteroatoms. The maximum absolute atomic E-state index is 12.5. The Kier molecular flexibility index (Phi) is 5.73. The molecule has 0 saturated carbocycles. The number of hydrogen-bond donors (Lipinski definition) is 1. The second-order valence-corrected chi connectivity index (χ2v) is 6.13. The SMILES string of the molecule is O=C(C1CCCCS1)N(CCO)Cc1ccccc1. The Morgan fingerprint density at radius 1 is 1.32 bits per heavy atom. The molecule has 1 saturated heterocycles. The fourth-order valence-electron chi connectivity index (χ4n) is 2.33. The van der Waals surface area contributed by atoms with E-state index in [9.17, 15) is 4.79 Å². The van der Waals surface area contributed by atoms with Crippen molar-refractivity contribution in [3.05, 3.63) is 35.9 Å². The minimum atomic E-state index is 0.0238. The van der Waals surface area contributed by atoms with Gasteiger partial charge in [-0.25, -0.2) is 0 Å². The maximum Gasteiger partial charge on any atom is 0.236 e. The summed E-state index contributed by atoms with van der Waals surface area (Å²) in [7, 11) is 0. The molecule has 1 aromatic carbocycles. The number of aliphatic hydroxyl groups is 1. The molecule has 1 atom stereocenters. The van der Waals surface area contributed by atoms with Crippen LogP contribution < -0.4 is 0 Å². The Labute approximate surface area is 119 Å². The molecule has 104 valence electrons. The van der Waals surface area contributed by atoms with E-state index in [0.29, 0.717) is 13.1 Å². The van der Waals surface area contributed by atoms with E-state index < -0.39 is 0 Å². The lowest BCUT2D eigenvalue weighted by Gasteiger charge is -2.28. The lowest BCUT2D eigenvalue weighted by atomic mass is 10.1. The van der Waals surface area contributed by atoms with Gasteiger partial charge in [0.1, 0.15) is 0 Å². The Morgan fingerprint density at radius 2 is 2.11 bits per heavy atom. The summed E-state index contributed by atoms with van der Waals surface area (Å²) in [6, 6.07) is 9.97. The number of benzene rings is 1. The smallest absolute Gasteiger partial charge is 0.236 e. The van der Waals surface area contributed by atoms with Crippen molar-refractivity contribution in [3.8, 4) is 0 Å². The maximum atomic E-state index is 12.5. The van der Waals surface area contributed by atoms with E-state index in [2.05, 4.69) is 0 Å². The largest absolute Gasteiger partial charge is 0.395 e. The van der Waals surface area contributed by atoms with Gasteiger partial charge in [0.15, 0.2) is 0 Å². The van der Waals surface area contributed by atoms with Crippen LogP contribution in [0.25, 0.3) is 0 Å². The molecule has 1 amide bonds. The topological polar surface area (TPSA) is 40.5 Å². The normalized spacial score (nSPS) is 19.1. The number of rotatable bonds is 5. The second-order valence-electron chi connectivity index (χ2n) is 4.82. The van der Waals surface area contributed by atoms with Crippen molar-refractivity contribution in [2.24, 2.45) is 0 Å². The third kappa shape index (κ3) is 4.25. The van der Waals surface area contributed by atoms with E-state index in [4.69, 9.17) is 5.11 Å². The lowest BCUT2D eigenvalue weighted by Crippen LogP contribution is -2.40. The van der Waals surface area contributed by atoms with Gasteiger partial charge in [-0.2, -0.15) is 0 Å². The molecular weight excluding hydrogens is 258 g/mol. The molecule has 0 aromatic heterocycles. The first-order valence-corrected chi connectivity index (χ1v) is 7.91. The molecule has 0 radical (unpaired) electrons. The van der Waals surface area contributed by atoms with E-state index in [0.717, 1.165) is 24.2 Å². The molecule has 1 fully saturated rings. The standard InChI is InChI=1S/C15H21NO2S/c17-10-9-16(12-13-6-2-1-3-7-13)15(18)14-8-4-5-11-19-14/h1-3,6-7,14,17H,4-5,8-12H2. The van der Waals surface area contributed by atoms with Crippen LogP contribution in [-0.2, 0) is 11.3 Å². The number of thioether (sulfide) groups is 1. The summed E-state index contributed by atoms with van der Waals surface area (Å²) in [5.41, 5.74) is 1.12. The average Bonchev–Trinajstić information content (AvgIpc) is 2.48. The van der Waals surface area contributed by atoms with Crippen molar-refractivity contribution in [3.63, 3.8) is 0 Å². The Bertz CT molecular complexity index is 390. The number of carbonyl (C=O) groups excluding carboxylic acids is 1. The fraction of sp³-hybridized carbons (Fsp3) is 0.533. The minimum absolute atomic E-state index is 0.0238. The molecule has 1 unspecified atom stereocenters. The number of amides is 1. The minimum Gasteiger partial charge on any atom is -0.395 e. The molecule has 3 nitrogen and oxygen atoms in total. The third-order valence-corrected chi connectivity index (χ3v) is 4.72. The van der Waals surface area contributed by atoms with Crippen LogP contribution in [0.2, 0.25) is 0 Å². The second kappa shape index (κ2) is 7.56. The van der Waals surface area contributed by atoms with Crippen LogP contribution in [0.4, 0.5) is 0 Å². The van der Waals surface area contributed by atoms with Gasteiger partial charge in [-0.05, 0) is 24.2 Å². The zero-order valence-corrected chi connectivity index (χ0v) is 11.9. The molecule has 1 aromatic rings. The Balaban J connectivity index is 2.00. The van der Waals surface area contributed by atoms with Crippen molar-refractivity contribution in [2.75, 3.05) is 18.9 Å². The van der Waals surface area contributed by atoms with Crippen LogP contribution in [0.15, 0.2) is 30.3 Å². The molecule has 1 heterocycles. The van der Waals surface area contributed by atoms with E-state index in [-0.39, 0.29) is 17.8 Å². The first-order chi connectivity index (χ1) is 9.31. The van der Waals surface area contributed by atoms with Crippen molar-refractivity contribution >= 4 is 17.7 Å². The van der Waals surface area contributed by atoms with E-state index in [1.165, 1.54) is 6.42 Å². The summed E-state index contributed by atoms with van der Waals surface area (Å²) in [6.07, 6.45) is 3.33. The lowest BCUT2D eigenvalue weighted by molar-refractivity contribution is -0.131. The highest BCUT2D eigenvalue weighted by molar-refractivity contribution is 8.00. The van der Waals surface area contributed by atoms with Crippen LogP contribution in [0.1, 0.15) is 24.8 Å². The third-order valence-electron chi connectivity index (χ3n) is 3.35. The van der Waals surface area contributed by atoms with Gasteiger partial charge < -0.3 is 10.0 Å². The van der Waals surface area contributed by atoms with Crippen LogP contribution in [0.5, 0.6) is 0 Å². The van der Waals surface area contributed by atoms with Gasteiger partial charge in [0.25, 0.3) is 0 Å². The fourth-order valence-corrected chi connectivity index (χ4v) is 3.61. The summed E-state index contributed by atoms with van der Waals surface area (Å²) in [6.45, 7) is 1.04.